The average molecular weight is 210 g/mol. The second-order valence-electron chi connectivity index (χ2n) is 5.38. The molecule has 1 aliphatic carbocycles. The van der Waals surface area contributed by atoms with Crippen molar-refractivity contribution >= 4 is 5.97 Å². The molecule has 1 saturated carbocycles. The third kappa shape index (κ3) is 1.39. The van der Waals surface area contributed by atoms with E-state index >= 15 is 0 Å². The minimum atomic E-state index is -0.653. The van der Waals surface area contributed by atoms with Crippen molar-refractivity contribution in [3.63, 3.8) is 0 Å². The summed E-state index contributed by atoms with van der Waals surface area (Å²) in [7, 11) is 0. The zero-order chi connectivity index (χ0) is 10.5. The van der Waals surface area contributed by atoms with Gasteiger partial charge in [-0.15, -0.1) is 0 Å². The molecule has 0 aromatic rings. The Morgan fingerprint density at radius 3 is 2.67 bits per heavy atom. The molecule has 3 rings (SSSR count). The van der Waals surface area contributed by atoms with Gasteiger partial charge in [-0.3, -0.25) is 9.69 Å². The maximum Gasteiger partial charge on any atom is 0.305 e. The smallest absolute Gasteiger partial charge is 0.305 e. The quantitative estimate of drug-likeness (QED) is 0.703. The highest BCUT2D eigenvalue weighted by atomic mass is 16.4. The van der Waals surface area contributed by atoms with Gasteiger partial charge < -0.3 is 10.4 Å². The van der Waals surface area contributed by atoms with Crippen molar-refractivity contribution in [1.29, 1.82) is 0 Å². The van der Waals surface area contributed by atoms with E-state index in [1.807, 2.05) is 0 Å². The molecule has 0 amide bonds. The Hall–Kier alpha value is -0.610. The summed E-state index contributed by atoms with van der Waals surface area (Å²) in [6.07, 6.45) is 4.26. The van der Waals surface area contributed by atoms with Crippen LogP contribution < -0.4 is 5.32 Å². The number of likely N-dealkylation sites (tertiary alicyclic amines) is 1. The van der Waals surface area contributed by atoms with E-state index in [4.69, 9.17) is 5.11 Å². The summed E-state index contributed by atoms with van der Waals surface area (Å²) < 4.78 is 0. The molecule has 2 bridgehead atoms. The number of hydrogen-bond donors (Lipinski definition) is 2. The highest BCUT2D eigenvalue weighted by Gasteiger charge is 2.52. The number of fused-ring (bicyclic) bond motifs is 2. The van der Waals surface area contributed by atoms with Gasteiger partial charge in [-0.2, -0.15) is 0 Å². The maximum atomic E-state index is 10.9. The lowest BCUT2D eigenvalue weighted by molar-refractivity contribution is -0.142. The van der Waals surface area contributed by atoms with Crippen molar-refractivity contribution < 1.29 is 9.90 Å². The summed E-state index contributed by atoms with van der Waals surface area (Å²) in [5, 5.41) is 12.2. The van der Waals surface area contributed by atoms with Crippen LogP contribution in [0.3, 0.4) is 0 Å². The van der Waals surface area contributed by atoms with Crippen molar-refractivity contribution in [2.45, 2.75) is 37.3 Å². The van der Waals surface area contributed by atoms with Crippen molar-refractivity contribution in [2.24, 2.45) is 5.92 Å². The SMILES string of the molecule is O=C(O)CC1(N2CC3CCC2C3)CNC1. The van der Waals surface area contributed by atoms with E-state index in [-0.39, 0.29) is 5.54 Å². The largest absolute Gasteiger partial charge is 0.481 e. The van der Waals surface area contributed by atoms with Gasteiger partial charge in [-0.05, 0) is 25.2 Å². The van der Waals surface area contributed by atoms with Crippen LogP contribution in [-0.2, 0) is 4.79 Å². The molecule has 0 spiro atoms. The Bertz CT molecular complexity index is 288. The van der Waals surface area contributed by atoms with Crippen LogP contribution >= 0.6 is 0 Å². The number of carboxylic acid groups (broad SMARTS) is 1. The summed E-state index contributed by atoms with van der Waals surface area (Å²) in [6, 6.07) is 0.677. The van der Waals surface area contributed by atoms with Crippen LogP contribution in [0.5, 0.6) is 0 Å². The number of nitrogens with zero attached hydrogens (tertiary/aromatic N) is 1. The Labute approximate surface area is 89.6 Å². The second kappa shape index (κ2) is 3.19. The molecule has 15 heavy (non-hydrogen) atoms. The summed E-state index contributed by atoms with van der Waals surface area (Å²) in [5.41, 5.74) is -0.0499. The van der Waals surface area contributed by atoms with Gasteiger partial charge in [0.1, 0.15) is 0 Å². The van der Waals surface area contributed by atoms with E-state index in [0.717, 1.165) is 25.6 Å². The van der Waals surface area contributed by atoms with Crippen LogP contribution in [0.1, 0.15) is 25.7 Å². The van der Waals surface area contributed by atoms with Gasteiger partial charge in [-0.25, -0.2) is 0 Å². The first kappa shape index (κ1) is 9.60. The predicted molar refractivity (Wildman–Crippen MR) is 55.7 cm³/mol. The number of aliphatic carboxylic acids is 1. The number of carboxylic acids is 1. The third-order valence-corrected chi connectivity index (χ3v) is 4.41. The Kier molecular flexibility index (Phi) is 2.04. The molecule has 2 atom stereocenters. The molecule has 4 heteroatoms. The maximum absolute atomic E-state index is 10.9. The van der Waals surface area contributed by atoms with Crippen LogP contribution in [0.2, 0.25) is 0 Å². The molecule has 2 unspecified atom stereocenters. The van der Waals surface area contributed by atoms with E-state index in [0.29, 0.717) is 12.5 Å². The summed E-state index contributed by atoms with van der Waals surface area (Å²) in [6.45, 7) is 2.87. The van der Waals surface area contributed by atoms with Crippen LogP contribution in [0, 0.1) is 5.92 Å². The lowest BCUT2D eigenvalue weighted by atomic mass is 9.85. The third-order valence-electron chi connectivity index (χ3n) is 4.41. The summed E-state index contributed by atoms with van der Waals surface area (Å²) >= 11 is 0. The number of carbonyl (C=O) groups is 1. The Morgan fingerprint density at radius 2 is 2.27 bits per heavy atom. The number of piperidine rings is 1. The normalized spacial score (nSPS) is 37.9. The minimum Gasteiger partial charge on any atom is -0.481 e. The van der Waals surface area contributed by atoms with Crippen molar-refractivity contribution in [3.8, 4) is 0 Å². The highest BCUT2D eigenvalue weighted by molar-refractivity contribution is 5.69. The van der Waals surface area contributed by atoms with Crippen molar-refractivity contribution in [3.05, 3.63) is 0 Å². The summed E-state index contributed by atoms with van der Waals surface area (Å²) in [5.74, 6) is 0.195. The van der Waals surface area contributed by atoms with Crippen molar-refractivity contribution in [1.82, 2.24) is 10.2 Å². The van der Waals surface area contributed by atoms with Crippen LogP contribution in [0.4, 0.5) is 0 Å². The lowest BCUT2D eigenvalue weighted by Gasteiger charge is -2.51. The molecule has 2 aliphatic heterocycles. The van der Waals surface area contributed by atoms with Gasteiger partial charge in [0.05, 0.1) is 12.0 Å². The summed E-state index contributed by atoms with van der Waals surface area (Å²) in [4.78, 5) is 13.4. The highest BCUT2D eigenvalue weighted by Crippen LogP contribution is 2.43. The number of rotatable bonds is 3. The van der Waals surface area contributed by atoms with E-state index in [9.17, 15) is 4.79 Å². The fourth-order valence-electron chi connectivity index (χ4n) is 3.63. The molecule has 4 nitrogen and oxygen atoms in total. The zero-order valence-corrected chi connectivity index (χ0v) is 8.91. The fourth-order valence-corrected chi connectivity index (χ4v) is 3.63. The van der Waals surface area contributed by atoms with E-state index in [1.54, 1.807) is 0 Å². The molecule has 2 saturated heterocycles. The molecule has 84 valence electrons. The monoisotopic (exact) mass is 210 g/mol. The predicted octanol–water partition coefficient (Wildman–Crippen LogP) is 0.287. The van der Waals surface area contributed by atoms with E-state index < -0.39 is 5.97 Å². The Morgan fingerprint density at radius 1 is 1.47 bits per heavy atom. The van der Waals surface area contributed by atoms with Crippen LogP contribution in [0.15, 0.2) is 0 Å². The van der Waals surface area contributed by atoms with Crippen LogP contribution in [0.25, 0.3) is 0 Å². The first-order valence-corrected chi connectivity index (χ1v) is 5.89. The first-order chi connectivity index (χ1) is 7.20. The van der Waals surface area contributed by atoms with Crippen LogP contribution in [-0.4, -0.2) is 47.2 Å². The molecule has 3 aliphatic rings. The fraction of sp³-hybridized carbons (Fsp3) is 0.909. The molecular weight excluding hydrogens is 192 g/mol. The number of nitrogens with one attached hydrogen (secondary N) is 1. The molecule has 0 aromatic heterocycles. The topological polar surface area (TPSA) is 52.6 Å². The lowest BCUT2D eigenvalue weighted by Crippen LogP contribution is -2.70. The Balaban J connectivity index is 1.76. The molecule has 0 radical (unpaired) electrons. The zero-order valence-electron chi connectivity index (χ0n) is 8.91. The van der Waals surface area contributed by atoms with Crippen molar-refractivity contribution in [2.75, 3.05) is 19.6 Å². The number of hydrogen-bond acceptors (Lipinski definition) is 3. The van der Waals surface area contributed by atoms with Gasteiger partial charge in [-0.1, -0.05) is 0 Å². The molecule has 0 aromatic carbocycles. The second-order valence-corrected chi connectivity index (χ2v) is 5.38. The standard InChI is InChI=1S/C11H18N2O2/c14-10(15)4-11(6-12-7-11)13-5-8-1-2-9(13)3-8/h8-9,12H,1-7H2,(H,14,15). The molecular formula is C11H18N2O2. The van der Waals surface area contributed by atoms with Gasteiger partial charge in [0, 0.05) is 25.7 Å². The van der Waals surface area contributed by atoms with Gasteiger partial charge in [0.15, 0.2) is 0 Å². The molecule has 2 heterocycles. The average Bonchev–Trinajstić information content (AvgIpc) is 2.71. The van der Waals surface area contributed by atoms with Gasteiger partial charge >= 0.3 is 5.97 Å². The van der Waals surface area contributed by atoms with E-state index in [2.05, 4.69) is 10.2 Å². The molecule has 3 fully saturated rings. The van der Waals surface area contributed by atoms with Gasteiger partial charge in [0.2, 0.25) is 0 Å². The minimum absolute atomic E-state index is 0.0499. The molecule has 2 N–H and O–H groups in total. The van der Waals surface area contributed by atoms with E-state index in [1.165, 1.54) is 19.3 Å². The van der Waals surface area contributed by atoms with Gasteiger partial charge in [0.25, 0.3) is 0 Å². The first-order valence-electron chi connectivity index (χ1n) is 5.89.